The van der Waals surface area contributed by atoms with Crippen molar-refractivity contribution < 1.29 is 9.90 Å². The molecule has 0 aliphatic rings. The predicted molar refractivity (Wildman–Crippen MR) is 70.0 cm³/mol. The molecule has 2 N–H and O–H groups in total. The third-order valence-corrected chi connectivity index (χ3v) is 2.65. The summed E-state index contributed by atoms with van der Waals surface area (Å²) in [5.74, 6) is 0.285. The summed E-state index contributed by atoms with van der Waals surface area (Å²) in [7, 11) is 0. The number of anilines is 1. The van der Waals surface area contributed by atoms with Crippen molar-refractivity contribution >= 4 is 23.3 Å². The van der Waals surface area contributed by atoms with E-state index in [1.807, 2.05) is 0 Å². The molecular weight excluding hydrogens is 252 g/mol. The largest absolute Gasteiger partial charge is 0.508 e. The van der Waals surface area contributed by atoms with Crippen molar-refractivity contribution in [3.05, 3.63) is 52.7 Å². The normalized spacial score (nSPS) is 10.1. The average Bonchev–Trinajstić information content (AvgIpc) is 2.32. The van der Waals surface area contributed by atoms with E-state index >= 15 is 0 Å². The van der Waals surface area contributed by atoms with E-state index in [1.54, 1.807) is 25.1 Å². The highest BCUT2D eigenvalue weighted by atomic mass is 35.5. The Morgan fingerprint density at radius 2 is 2.11 bits per heavy atom. The lowest BCUT2D eigenvalue weighted by molar-refractivity contribution is 0.102. The summed E-state index contributed by atoms with van der Waals surface area (Å²) in [6.45, 7) is 1.75. The highest BCUT2D eigenvalue weighted by Gasteiger charge is 2.10. The summed E-state index contributed by atoms with van der Waals surface area (Å²) in [5.41, 5.74) is 1.19. The molecule has 2 aromatic rings. The standard InChI is InChI=1S/C13H11ClN2O2/c1-8-6-10(17)3-4-11(8)13(18)16-12-5-2-9(14)7-15-12/h2-7,17H,1H3,(H,15,16,18). The molecule has 0 bridgehead atoms. The monoisotopic (exact) mass is 262 g/mol. The Morgan fingerprint density at radius 3 is 2.72 bits per heavy atom. The molecule has 0 atom stereocenters. The van der Waals surface area contributed by atoms with Crippen LogP contribution in [0.1, 0.15) is 15.9 Å². The fraction of sp³-hybridized carbons (Fsp3) is 0.0769. The van der Waals surface area contributed by atoms with Crippen LogP contribution in [0.15, 0.2) is 36.5 Å². The molecule has 1 amide bonds. The van der Waals surface area contributed by atoms with E-state index < -0.39 is 0 Å². The molecule has 5 heteroatoms. The minimum atomic E-state index is -0.276. The first-order valence-electron chi connectivity index (χ1n) is 5.29. The summed E-state index contributed by atoms with van der Waals surface area (Å²) in [5, 5.41) is 12.4. The molecule has 1 heterocycles. The predicted octanol–water partition coefficient (Wildman–Crippen LogP) is 3.00. The maximum Gasteiger partial charge on any atom is 0.257 e. The fourth-order valence-corrected chi connectivity index (χ4v) is 1.65. The van der Waals surface area contributed by atoms with Crippen LogP contribution in [-0.2, 0) is 0 Å². The molecule has 0 fully saturated rings. The Morgan fingerprint density at radius 1 is 1.33 bits per heavy atom. The smallest absolute Gasteiger partial charge is 0.257 e. The topological polar surface area (TPSA) is 62.2 Å². The summed E-state index contributed by atoms with van der Waals surface area (Å²) >= 11 is 5.70. The number of carbonyl (C=O) groups excluding carboxylic acids is 1. The van der Waals surface area contributed by atoms with Crippen LogP contribution in [-0.4, -0.2) is 16.0 Å². The van der Waals surface area contributed by atoms with Crippen molar-refractivity contribution in [2.45, 2.75) is 6.92 Å². The van der Waals surface area contributed by atoms with Crippen LogP contribution < -0.4 is 5.32 Å². The van der Waals surface area contributed by atoms with E-state index in [0.717, 1.165) is 0 Å². The number of halogens is 1. The number of phenols is 1. The van der Waals surface area contributed by atoms with Crippen molar-refractivity contribution in [1.29, 1.82) is 0 Å². The number of aromatic hydroxyl groups is 1. The Kier molecular flexibility index (Phi) is 3.48. The van der Waals surface area contributed by atoms with Gasteiger partial charge in [0.15, 0.2) is 0 Å². The second-order valence-corrected chi connectivity index (χ2v) is 4.25. The van der Waals surface area contributed by atoms with E-state index in [2.05, 4.69) is 10.3 Å². The SMILES string of the molecule is Cc1cc(O)ccc1C(=O)Nc1ccc(Cl)cn1. The van der Waals surface area contributed by atoms with Crippen molar-refractivity contribution in [2.24, 2.45) is 0 Å². The molecular formula is C13H11ClN2O2. The number of carbonyl (C=O) groups is 1. The number of aromatic nitrogens is 1. The number of hydrogen-bond acceptors (Lipinski definition) is 3. The van der Waals surface area contributed by atoms with Crippen molar-refractivity contribution in [1.82, 2.24) is 4.98 Å². The van der Waals surface area contributed by atoms with Crippen LogP contribution in [0.2, 0.25) is 5.02 Å². The highest BCUT2D eigenvalue weighted by Crippen LogP contribution is 2.17. The Labute approximate surface area is 109 Å². The third kappa shape index (κ3) is 2.78. The van der Waals surface area contributed by atoms with Gasteiger partial charge in [-0.15, -0.1) is 0 Å². The Bertz CT molecular complexity index is 582. The van der Waals surface area contributed by atoms with E-state index in [0.29, 0.717) is 22.0 Å². The van der Waals surface area contributed by atoms with Gasteiger partial charge in [0.05, 0.1) is 5.02 Å². The fourth-order valence-electron chi connectivity index (χ4n) is 1.54. The Balaban J connectivity index is 2.19. The zero-order chi connectivity index (χ0) is 13.1. The number of amides is 1. The molecule has 0 unspecified atom stereocenters. The zero-order valence-corrected chi connectivity index (χ0v) is 10.4. The number of hydrogen-bond donors (Lipinski definition) is 2. The van der Waals surface area contributed by atoms with Gasteiger partial charge in [-0.05, 0) is 42.8 Å². The summed E-state index contributed by atoms with van der Waals surface area (Å²) in [4.78, 5) is 15.9. The first kappa shape index (κ1) is 12.4. The molecule has 0 spiro atoms. The van der Waals surface area contributed by atoms with Gasteiger partial charge in [0.1, 0.15) is 11.6 Å². The van der Waals surface area contributed by atoms with Crippen LogP contribution in [0, 0.1) is 6.92 Å². The van der Waals surface area contributed by atoms with Crippen LogP contribution in [0.5, 0.6) is 5.75 Å². The number of nitrogens with one attached hydrogen (secondary N) is 1. The second kappa shape index (κ2) is 5.06. The van der Waals surface area contributed by atoms with Gasteiger partial charge in [0, 0.05) is 11.8 Å². The lowest BCUT2D eigenvalue weighted by atomic mass is 10.1. The summed E-state index contributed by atoms with van der Waals surface area (Å²) < 4.78 is 0. The third-order valence-electron chi connectivity index (χ3n) is 2.42. The maximum absolute atomic E-state index is 12.0. The summed E-state index contributed by atoms with van der Waals surface area (Å²) in [6.07, 6.45) is 1.46. The molecule has 0 aliphatic carbocycles. The van der Waals surface area contributed by atoms with E-state index in [1.165, 1.54) is 18.3 Å². The van der Waals surface area contributed by atoms with Gasteiger partial charge in [-0.1, -0.05) is 11.6 Å². The Hall–Kier alpha value is -2.07. The first-order valence-corrected chi connectivity index (χ1v) is 5.66. The van der Waals surface area contributed by atoms with Gasteiger partial charge in [-0.25, -0.2) is 4.98 Å². The number of phenolic OH excluding ortho intramolecular Hbond substituents is 1. The van der Waals surface area contributed by atoms with Crippen molar-refractivity contribution in [3.8, 4) is 5.75 Å². The molecule has 4 nitrogen and oxygen atoms in total. The second-order valence-electron chi connectivity index (χ2n) is 3.82. The van der Waals surface area contributed by atoms with Crippen LogP contribution in [0.4, 0.5) is 5.82 Å². The molecule has 1 aromatic carbocycles. The van der Waals surface area contributed by atoms with E-state index in [-0.39, 0.29) is 11.7 Å². The molecule has 1 aromatic heterocycles. The number of pyridine rings is 1. The maximum atomic E-state index is 12.0. The molecule has 2 rings (SSSR count). The molecule has 0 saturated carbocycles. The minimum absolute atomic E-state index is 0.133. The molecule has 0 aliphatic heterocycles. The number of nitrogens with zero attached hydrogens (tertiary/aromatic N) is 1. The number of rotatable bonds is 2. The first-order chi connectivity index (χ1) is 8.56. The number of aryl methyl sites for hydroxylation is 1. The number of benzene rings is 1. The summed E-state index contributed by atoms with van der Waals surface area (Å²) in [6, 6.07) is 7.83. The van der Waals surface area contributed by atoms with Gasteiger partial charge in [0.25, 0.3) is 5.91 Å². The molecule has 92 valence electrons. The highest BCUT2D eigenvalue weighted by molar-refractivity contribution is 6.30. The van der Waals surface area contributed by atoms with Gasteiger partial charge in [-0.2, -0.15) is 0 Å². The van der Waals surface area contributed by atoms with Gasteiger partial charge < -0.3 is 10.4 Å². The lowest BCUT2D eigenvalue weighted by Gasteiger charge is -2.07. The zero-order valence-electron chi connectivity index (χ0n) is 9.64. The van der Waals surface area contributed by atoms with Gasteiger partial charge >= 0.3 is 0 Å². The average molecular weight is 263 g/mol. The van der Waals surface area contributed by atoms with Crippen LogP contribution in [0.25, 0.3) is 0 Å². The molecule has 0 radical (unpaired) electrons. The van der Waals surface area contributed by atoms with Crippen LogP contribution in [0.3, 0.4) is 0 Å². The molecule has 18 heavy (non-hydrogen) atoms. The lowest BCUT2D eigenvalue weighted by Crippen LogP contribution is -2.14. The molecule has 0 saturated heterocycles. The van der Waals surface area contributed by atoms with Crippen LogP contribution >= 0.6 is 11.6 Å². The van der Waals surface area contributed by atoms with Gasteiger partial charge in [-0.3, -0.25) is 4.79 Å². The van der Waals surface area contributed by atoms with E-state index in [9.17, 15) is 9.90 Å². The van der Waals surface area contributed by atoms with Gasteiger partial charge in [0.2, 0.25) is 0 Å². The van der Waals surface area contributed by atoms with Crippen molar-refractivity contribution in [3.63, 3.8) is 0 Å². The van der Waals surface area contributed by atoms with E-state index in [4.69, 9.17) is 11.6 Å². The van der Waals surface area contributed by atoms with Crippen molar-refractivity contribution in [2.75, 3.05) is 5.32 Å². The quantitative estimate of drug-likeness (QED) is 0.875. The minimum Gasteiger partial charge on any atom is -0.508 e.